The van der Waals surface area contributed by atoms with Gasteiger partial charge >= 0.3 is 6.03 Å². The first-order chi connectivity index (χ1) is 10.6. The molecule has 8 nitrogen and oxygen atoms in total. The quantitative estimate of drug-likeness (QED) is 0.861. The Kier molecular flexibility index (Phi) is 3.90. The number of hydrogen-bond donors (Lipinski definition) is 2. The molecule has 2 aromatic rings. The van der Waals surface area contributed by atoms with Crippen molar-refractivity contribution in [2.24, 2.45) is 5.73 Å². The number of fused-ring (bicyclic) bond motifs is 1. The molecule has 0 radical (unpaired) electrons. The molecule has 2 aromatic heterocycles. The van der Waals surface area contributed by atoms with Crippen LogP contribution in [0.25, 0.3) is 0 Å². The molecule has 3 heterocycles. The van der Waals surface area contributed by atoms with Gasteiger partial charge in [-0.2, -0.15) is 5.10 Å². The van der Waals surface area contributed by atoms with E-state index in [9.17, 15) is 4.79 Å². The number of amides is 2. The van der Waals surface area contributed by atoms with E-state index in [0.29, 0.717) is 32.6 Å². The Morgan fingerprint density at radius 1 is 1.32 bits per heavy atom. The van der Waals surface area contributed by atoms with Gasteiger partial charge in [-0.15, -0.1) is 5.10 Å². The zero-order valence-electron chi connectivity index (χ0n) is 12.5. The van der Waals surface area contributed by atoms with Gasteiger partial charge in [-0.3, -0.25) is 0 Å². The molecule has 0 unspecified atom stereocenters. The maximum atomic E-state index is 11.3. The van der Waals surface area contributed by atoms with Crippen LogP contribution in [0.15, 0.2) is 18.3 Å². The van der Waals surface area contributed by atoms with Gasteiger partial charge in [0.2, 0.25) is 0 Å². The zero-order chi connectivity index (χ0) is 15.5. The predicted molar refractivity (Wildman–Crippen MR) is 81.2 cm³/mol. The lowest BCUT2D eigenvalue weighted by Gasteiger charge is -2.17. The van der Waals surface area contributed by atoms with Crippen molar-refractivity contribution in [1.29, 1.82) is 0 Å². The average molecular weight is 301 g/mol. The smallest absolute Gasteiger partial charge is 0.314 e. The number of carbonyl (C=O) groups is 1. The highest BCUT2D eigenvalue weighted by molar-refractivity contribution is 5.72. The van der Waals surface area contributed by atoms with E-state index >= 15 is 0 Å². The van der Waals surface area contributed by atoms with Gasteiger partial charge in [-0.05, 0) is 19.1 Å². The Labute approximate surface area is 128 Å². The van der Waals surface area contributed by atoms with E-state index in [1.807, 2.05) is 25.3 Å². The normalized spacial score (nSPS) is 14.3. The maximum Gasteiger partial charge on any atom is 0.314 e. The summed E-state index contributed by atoms with van der Waals surface area (Å²) >= 11 is 0. The first-order valence-electron chi connectivity index (χ1n) is 7.25. The van der Waals surface area contributed by atoms with Crippen LogP contribution in [0.5, 0.6) is 0 Å². The first kappa shape index (κ1) is 14.3. The highest BCUT2D eigenvalue weighted by Crippen LogP contribution is 2.13. The number of imidazole rings is 1. The summed E-state index contributed by atoms with van der Waals surface area (Å²) in [6, 6.07) is 3.44. The summed E-state index contributed by atoms with van der Waals surface area (Å²) in [5.74, 6) is 1.71. The molecule has 1 aliphatic heterocycles. The van der Waals surface area contributed by atoms with Crippen molar-refractivity contribution in [3.05, 3.63) is 35.5 Å². The molecule has 116 valence electrons. The third-order valence-corrected chi connectivity index (χ3v) is 3.78. The van der Waals surface area contributed by atoms with E-state index < -0.39 is 0 Å². The van der Waals surface area contributed by atoms with E-state index in [2.05, 4.69) is 25.1 Å². The van der Waals surface area contributed by atoms with E-state index in [0.717, 1.165) is 23.0 Å². The van der Waals surface area contributed by atoms with Crippen LogP contribution in [0, 0.1) is 6.92 Å². The molecular formula is C14H19N7O. The zero-order valence-corrected chi connectivity index (χ0v) is 12.5. The molecule has 0 aliphatic carbocycles. The molecule has 0 spiro atoms. The third kappa shape index (κ3) is 3.00. The number of carbonyl (C=O) groups excluding carboxylic acids is 1. The average Bonchev–Trinajstić information content (AvgIpc) is 2.76. The van der Waals surface area contributed by atoms with Crippen LogP contribution in [-0.4, -0.2) is 43.8 Å². The number of nitrogens with zero attached hydrogens (tertiary/aromatic N) is 5. The number of rotatable bonds is 3. The van der Waals surface area contributed by atoms with Crippen molar-refractivity contribution in [3.63, 3.8) is 0 Å². The van der Waals surface area contributed by atoms with Crippen molar-refractivity contribution in [2.45, 2.75) is 26.4 Å². The Morgan fingerprint density at radius 2 is 2.18 bits per heavy atom. The standard InChI is InChI=1S/C14H19N7O/c1-10-2-3-12(19-18-10)16-8-11-9-17-13-4-5-20(14(15)22)6-7-21(11)13/h2-3,9H,4-8H2,1H3,(H2,15,22)(H,16,19). The first-order valence-corrected chi connectivity index (χ1v) is 7.25. The second-order valence-corrected chi connectivity index (χ2v) is 5.31. The second-order valence-electron chi connectivity index (χ2n) is 5.31. The van der Waals surface area contributed by atoms with Crippen molar-refractivity contribution in [1.82, 2.24) is 24.6 Å². The van der Waals surface area contributed by atoms with Crippen LogP contribution < -0.4 is 11.1 Å². The lowest BCUT2D eigenvalue weighted by molar-refractivity contribution is 0.208. The molecule has 0 bridgehead atoms. The largest absolute Gasteiger partial charge is 0.363 e. The molecule has 0 atom stereocenters. The number of anilines is 1. The monoisotopic (exact) mass is 301 g/mol. The number of primary amides is 1. The SMILES string of the molecule is Cc1ccc(NCc2cnc3n2CCN(C(N)=O)CC3)nn1. The number of nitrogens with two attached hydrogens (primary N) is 1. The highest BCUT2D eigenvalue weighted by atomic mass is 16.2. The topological polar surface area (TPSA) is 102 Å². The van der Waals surface area contributed by atoms with Crippen molar-refractivity contribution < 1.29 is 4.79 Å². The van der Waals surface area contributed by atoms with Crippen LogP contribution >= 0.6 is 0 Å². The fourth-order valence-electron chi connectivity index (χ4n) is 2.53. The number of urea groups is 1. The molecule has 22 heavy (non-hydrogen) atoms. The minimum atomic E-state index is -0.375. The molecule has 8 heteroatoms. The van der Waals surface area contributed by atoms with Crippen LogP contribution in [0.2, 0.25) is 0 Å². The van der Waals surface area contributed by atoms with E-state index in [-0.39, 0.29) is 6.03 Å². The van der Waals surface area contributed by atoms with Gasteiger partial charge in [0.15, 0.2) is 0 Å². The fourth-order valence-corrected chi connectivity index (χ4v) is 2.53. The molecular weight excluding hydrogens is 282 g/mol. The summed E-state index contributed by atoms with van der Waals surface area (Å²) in [4.78, 5) is 17.4. The Balaban J connectivity index is 1.68. The Bertz CT molecular complexity index is 664. The summed E-state index contributed by atoms with van der Waals surface area (Å²) in [6.07, 6.45) is 2.58. The van der Waals surface area contributed by atoms with Gasteiger partial charge in [0.05, 0.1) is 24.1 Å². The molecule has 0 aromatic carbocycles. The number of hydrogen-bond acceptors (Lipinski definition) is 5. The molecule has 0 saturated carbocycles. The minimum Gasteiger partial charge on any atom is -0.363 e. The summed E-state index contributed by atoms with van der Waals surface area (Å²) in [6.45, 7) is 4.44. The molecule has 0 fully saturated rings. The summed E-state index contributed by atoms with van der Waals surface area (Å²) in [5, 5.41) is 11.3. The van der Waals surface area contributed by atoms with Gasteiger partial charge in [0.25, 0.3) is 0 Å². The highest BCUT2D eigenvalue weighted by Gasteiger charge is 2.19. The van der Waals surface area contributed by atoms with Gasteiger partial charge in [-0.1, -0.05) is 0 Å². The predicted octanol–water partition coefficient (Wildman–Crippen LogP) is 0.530. The Morgan fingerprint density at radius 3 is 2.91 bits per heavy atom. The molecule has 2 amide bonds. The fraction of sp³-hybridized carbons (Fsp3) is 0.429. The summed E-state index contributed by atoms with van der Waals surface area (Å²) in [5.41, 5.74) is 7.30. The van der Waals surface area contributed by atoms with E-state index in [4.69, 9.17) is 5.73 Å². The summed E-state index contributed by atoms with van der Waals surface area (Å²) in [7, 11) is 0. The Hall–Kier alpha value is -2.64. The number of aryl methyl sites for hydroxylation is 1. The minimum absolute atomic E-state index is 0.375. The van der Waals surface area contributed by atoms with Gasteiger partial charge < -0.3 is 20.5 Å². The molecule has 3 rings (SSSR count). The van der Waals surface area contributed by atoms with Crippen LogP contribution in [0.3, 0.4) is 0 Å². The second kappa shape index (κ2) is 6.00. The molecule has 0 saturated heterocycles. The van der Waals surface area contributed by atoms with E-state index in [1.54, 1.807) is 4.90 Å². The van der Waals surface area contributed by atoms with Gasteiger partial charge in [-0.25, -0.2) is 9.78 Å². The van der Waals surface area contributed by atoms with E-state index in [1.165, 1.54) is 0 Å². The molecule has 3 N–H and O–H groups in total. The van der Waals surface area contributed by atoms with Crippen LogP contribution in [-0.2, 0) is 19.5 Å². The van der Waals surface area contributed by atoms with Crippen molar-refractivity contribution in [2.75, 3.05) is 18.4 Å². The van der Waals surface area contributed by atoms with Crippen molar-refractivity contribution >= 4 is 11.8 Å². The van der Waals surface area contributed by atoms with Gasteiger partial charge in [0.1, 0.15) is 11.6 Å². The van der Waals surface area contributed by atoms with Gasteiger partial charge in [0, 0.05) is 26.1 Å². The third-order valence-electron chi connectivity index (χ3n) is 3.78. The van der Waals surface area contributed by atoms with Crippen LogP contribution in [0.1, 0.15) is 17.2 Å². The lowest BCUT2D eigenvalue weighted by Crippen LogP contribution is -2.37. The number of aromatic nitrogens is 4. The number of nitrogens with one attached hydrogen (secondary N) is 1. The lowest BCUT2D eigenvalue weighted by atomic mass is 10.4. The maximum absolute atomic E-state index is 11.3. The van der Waals surface area contributed by atoms with Crippen LogP contribution in [0.4, 0.5) is 10.6 Å². The van der Waals surface area contributed by atoms with Crippen molar-refractivity contribution in [3.8, 4) is 0 Å². The molecule has 1 aliphatic rings. The summed E-state index contributed by atoms with van der Waals surface area (Å²) < 4.78 is 2.14.